The number of aryl methyl sites for hydroxylation is 2. The first kappa shape index (κ1) is 38.4. The summed E-state index contributed by atoms with van der Waals surface area (Å²) in [6.45, 7) is 9.77. The highest BCUT2D eigenvalue weighted by Gasteiger charge is 2.20. The van der Waals surface area contributed by atoms with E-state index in [9.17, 15) is 19.2 Å². The van der Waals surface area contributed by atoms with Crippen LogP contribution in [-0.2, 0) is 32.2 Å². The highest BCUT2D eigenvalue weighted by atomic mass is 35.5. The van der Waals surface area contributed by atoms with Gasteiger partial charge >= 0.3 is 11.9 Å². The maximum absolute atomic E-state index is 13.5. The van der Waals surface area contributed by atoms with Gasteiger partial charge in [0.2, 0.25) is 0 Å². The van der Waals surface area contributed by atoms with Gasteiger partial charge in [0.15, 0.2) is 0 Å². The van der Waals surface area contributed by atoms with Crippen LogP contribution < -0.4 is 21.8 Å². The van der Waals surface area contributed by atoms with E-state index in [0.717, 1.165) is 11.4 Å². The molecule has 4 heterocycles. The van der Waals surface area contributed by atoms with Crippen LogP contribution in [0.1, 0.15) is 25.2 Å². The average Bonchev–Trinajstić information content (AvgIpc) is 3.75. The molecule has 6 aromatic rings. The Hall–Kier alpha value is -5.28. The maximum Gasteiger partial charge on any atom is 0.302 e. The van der Waals surface area contributed by atoms with Gasteiger partial charge in [-0.1, -0.05) is 59.6 Å². The largest absolute Gasteiger partial charge is 0.465 e. The fraction of sp³-hybridized carbons (Fsp3) is 0.316. The van der Waals surface area contributed by atoms with E-state index in [-0.39, 0.29) is 36.3 Å². The lowest BCUT2D eigenvalue weighted by atomic mass is 9.98. The number of carbonyl (C=O) groups is 2. The van der Waals surface area contributed by atoms with Crippen LogP contribution in [0, 0.1) is 13.8 Å². The van der Waals surface area contributed by atoms with Crippen LogP contribution in [0.4, 0.5) is 0 Å². The molecule has 0 aliphatic rings. The molecule has 0 fully saturated rings. The van der Waals surface area contributed by atoms with E-state index in [1.165, 1.54) is 13.8 Å². The van der Waals surface area contributed by atoms with Crippen LogP contribution in [0.15, 0.2) is 70.5 Å². The summed E-state index contributed by atoms with van der Waals surface area (Å²) < 4.78 is 16.4. The lowest BCUT2D eigenvalue weighted by molar-refractivity contribution is -0.141. The monoisotopic (exact) mass is 774 g/mol. The molecule has 0 bridgehead atoms. The number of halogens is 2. The number of carbonyl (C=O) groups excluding carboxylic acids is 2. The molecular formula is C38H40Cl2N8O6. The number of hydrogen-bond acceptors (Lipinski definition) is 10. The Labute approximate surface area is 320 Å². The molecular weight excluding hydrogens is 735 g/mol. The van der Waals surface area contributed by atoms with E-state index in [0.29, 0.717) is 94.0 Å². The zero-order chi connectivity index (χ0) is 38.5. The molecule has 0 atom stereocenters. The van der Waals surface area contributed by atoms with Crippen molar-refractivity contribution < 1.29 is 19.1 Å². The molecule has 4 aromatic heterocycles. The smallest absolute Gasteiger partial charge is 0.302 e. The number of benzene rings is 2. The van der Waals surface area contributed by atoms with Gasteiger partial charge in [0.05, 0.1) is 21.4 Å². The Morgan fingerprint density at radius 1 is 0.648 bits per heavy atom. The Bertz CT molecular complexity index is 2310. The summed E-state index contributed by atoms with van der Waals surface area (Å²) >= 11 is 14.2. The summed E-state index contributed by atoms with van der Waals surface area (Å²) in [5.41, 5.74) is 5.49. The topological polar surface area (TPSA) is 155 Å². The van der Waals surface area contributed by atoms with Crippen molar-refractivity contribution in [2.75, 3.05) is 39.4 Å². The van der Waals surface area contributed by atoms with Gasteiger partial charge in [-0.05, 0) is 26.0 Å². The molecule has 2 aromatic carbocycles. The molecule has 14 nitrogen and oxygen atoms in total. The van der Waals surface area contributed by atoms with Gasteiger partial charge in [-0.3, -0.25) is 19.2 Å². The number of hydrogen-bond donors (Lipinski definition) is 2. The highest BCUT2D eigenvalue weighted by Crippen LogP contribution is 2.42. The van der Waals surface area contributed by atoms with E-state index in [1.807, 2.05) is 50.2 Å². The number of aromatic nitrogens is 6. The van der Waals surface area contributed by atoms with Crippen LogP contribution >= 0.6 is 23.2 Å². The molecule has 0 spiro atoms. The molecule has 0 saturated heterocycles. The van der Waals surface area contributed by atoms with Gasteiger partial charge in [0.1, 0.15) is 24.2 Å². The SMILES string of the molecule is CC(=O)OCCNCCn1c(C)cn2nc(-c3cccc(-c4cccc(-c5cc6c(=O)n(CCNCCOC(C)=O)c(C)cn6n5)c4Cl)c3Cl)cc2c1=O. The number of rotatable bonds is 15. The van der Waals surface area contributed by atoms with Gasteiger partial charge < -0.3 is 29.2 Å². The van der Waals surface area contributed by atoms with Gasteiger partial charge in [-0.25, -0.2) is 9.03 Å². The van der Waals surface area contributed by atoms with Crippen molar-refractivity contribution in [3.63, 3.8) is 0 Å². The highest BCUT2D eigenvalue weighted by molar-refractivity contribution is 6.39. The van der Waals surface area contributed by atoms with Crippen molar-refractivity contribution in [2.24, 2.45) is 0 Å². The quantitative estimate of drug-likeness (QED) is 0.112. The number of fused-ring (bicyclic) bond motifs is 2. The lowest BCUT2D eigenvalue weighted by Gasteiger charge is -2.12. The summed E-state index contributed by atoms with van der Waals surface area (Å²) in [6, 6.07) is 14.6. The standard InChI is InChI=1S/C38H40Cl2N8O6/c1-23-21-47-33(37(51)45(23)15-11-41-13-17-53-25(3)49)19-31(43-47)29-9-5-7-27(35(29)39)28-8-6-10-30(36(28)40)32-20-34-38(52)46(24(2)22-48(34)44-32)16-12-42-14-18-54-26(4)50/h5-10,19-22,41-42H,11-18H2,1-4H3. The van der Waals surface area contributed by atoms with Crippen molar-refractivity contribution in [1.29, 1.82) is 0 Å². The Balaban J connectivity index is 1.25. The second-order valence-electron chi connectivity index (χ2n) is 12.7. The zero-order valence-corrected chi connectivity index (χ0v) is 31.8. The minimum absolute atomic E-state index is 0.194. The lowest BCUT2D eigenvalue weighted by Crippen LogP contribution is -2.31. The first-order valence-electron chi connectivity index (χ1n) is 17.4. The maximum atomic E-state index is 13.5. The molecule has 0 radical (unpaired) electrons. The predicted octanol–water partition coefficient (Wildman–Crippen LogP) is 4.54. The minimum atomic E-state index is -0.336. The Morgan fingerprint density at radius 3 is 1.43 bits per heavy atom. The second kappa shape index (κ2) is 16.8. The molecule has 0 aliphatic carbocycles. The normalized spacial score (nSPS) is 11.4. The summed E-state index contributed by atoms with van der Waals surface area (Å²) in [5, 5.41) is 16.6. The first-order chi connectivity index (χ1) is 25.9. The number of ether oxygens (including phenoxy) is 2. The molecule has 54 heavy (non-hydrogen) atoms. The molecule has 6 rings (SSSR count). The van der Waals surface area contributed by atoms with Crippen LogP contribution in [0.3, 0.4) is 0 Å². The zero-order valence-electron chi connectivity index (χ0n) is 30.3. The average molecular weight is 776 g/mol. The van der Waals surface area contributed by atoms with Gasteiger partial charge in [0.25, 0.3) is 11.1 Å². The molecule has 0 amide bonds. The summed E-state index contributed by atoms with van der Waals surface area (Å²) in [6.07, 6.45) is 3.60. The summed E-state index contributed by atoms with van der Waals surface area (Å²) in [5.74, 6) is -0.672. The molecule has 2 N–H and O–H groups in total. The van der Waals surface area contributed by atoms with Crippen molar-refractivity contribution >= 4 is 46.2 Å². The van der Waals surface area contributed by atoms with Crippen LogP contribution in [0.25, 0.3) is 44.7 Å². The third-order valence-electron chi connectivity index (χ3n) is 8.90. The van der Waals surface area contributed by atoms with Crippen LogP contribution in [-0.4, -0.2) is 79.7 Å². The fourth-order valence-corrected chi connectivity index (χ4v) is 6.90. The van der Waals surface area contributed by atoms with E-state index in [4.69, 9.17) is 42.9 Å². The summed E-state index contributed by atoms with van der Waals surface area (Å²) in [4.78, 5) is 49.0. The van der Waals surface area contributed by atoms with E-state index in [2.05, 4.69) is 10.6 Å². The molecule has 282 valence electrons. The molecule has 0 aliphatic heterocycles. The fourth-order valence-electron chi connectivity index (χ4n) is 6.26. The van der Waals surface area contributed by atoms with E-state index < -0.39 is 0 Å². The van der Waals surface area contributed by atoms with Crippen molar-refractivity contribution in [3.8, 4) is 33.6 Å². The van der Waals surface area contributed by atoms with Gasteiger partial charge in [-0.2, -0.15) is 10.2 Å². The second-order valence-corrected chi connectivity index (χ2v) is 13.4. The van der Waals surface area contributed by atoms with E-state index >= 15 is 0 Å². The van der Waals surface area contributed by atoms with Gasteiger partial charge in [0, 0.05) is 99.2 Å². The van der Waals surface area contributed by atoms with Crippen molar-refractivity contribution in [2.45, 2.75) is 40.8 Å². The number of nitrogens with one attached hydrogen (secondary N) is 2. The Morgan fingerprint density at radius 2 is 1.04 bits per heavy atom. The van der Waals surface area contributed by atoms with E-state index in [1.54, 1.807) is 42.7 Å². The van der Waals surface area contributed by atoms with Crippen LogP contribution in [0.5, 0.6) is 0 Å². The summed E-state index contributed by atoms with van der Waals surface area (Å²) in [7, 11) is 0. The van der Waals surface area contributed by atoms with Gasteiger partial charge in [-0.15, -0.1) is 0 Å². The first-order valence-corrected chi connectivity index (χ1v) is 18.2. The molecule has 16 heteroatoms. The number of nitrogens with zero attached hydrogens (tertiary/aromatic N) is 6. The number of esters is 2. The Kier molecular flexibility index (Phi) is 12.0. The predicted molar refractivity (Wildman–Crippen MR) is 207 cm³/mol. The van der Waals surface area contributed by atoms with Crippen molar-refractivity contribution in [3.05, 3.63) is 103 Å². The molecule has 0 unspecified atom stereocenters. The van der Waals surface area contributed by atoms with Crippen LogP contribution in [0.2, 0.25) is 10.0 Å². The third kappa shape index (κ3) is 8.26. The van der Waals surface area contributed by atoms with Crippen molar-refractivity contribution in [1.82, 2.24) is 39.0 Å². The minimum Gasteiger partial charge on any atom is -0.465 e. The molecule has 0 saturated carbocycles. The third-order valence-corrected chi connectivity index (χ3v) is 9.72.